The number of nitrogens with zero attached hydrogens (tertiary/aromatic N) is 2. The number of benzene rings is 1. The van der Waals surface area contributed by atoms with Gasteiger partial charge in [0.25, 0.3) is 0 Å². The van der Waals surface area contributed by atoms with Gasteiger partial charge in [-0.05, 0) is 26.0 Å². The third kappa shape index (κ3) is 5.16. The number of nitrogens with one attached hydrogen (secondary N) is 1. The van der Waals surface area contributed by atoms with E-state index in [9.17, 15) is 8.78 Å². The topological polar surface area (TPSA) is 63.3 Å². The van der Waals surface area contributed by atoms with Crippen molar-refractivity contribution in [1.29, 1.82) is 0 Å². The van der Waals surface area contributed by atoms with Gasteiger partial charge in [0.15, 0.2) is 5.96 Å². The van der Waals surface area contributed by atoms with E-state index in [1.165, 1.54) is 0 Å². The number of aryl methyl sites for hydroxylation is 2. The lowest BCUT2D eigenvalue weighted by Gasteiger charge is -2.06. The average Bonchev–Trinajstić information content (AvgIpc) is 2.72. The van der Waals surface area contributed by atoms with E-state index in [0.717, 1.165) is 33.8 Å². The van der Waals surface area contributed by atoms with E-state index in [1.54, 1.807) is 11.3 Å². The van der Waals surface area contributed by atoms with Crippen molar-refractivity contribution in [3.63, 3.8) is 0 Å². The van der Waals surface area contributed by atoms with Crippen molar-refractivity contribution >= 4 is 47.0 Å². The summed E-state index contributed by atoms with van der Waals surface area (Å²) in [6.07, 6.45) is 0.714. The number of guanidine groups is 1. The molecule has 3 N–H and O–H groups in total. The van der Waals surface area contributed by atoms with Crippen LogP contribution in [-0.4, -0.2) is 17.5 Å². The maximum absolute atomic E-state index is 13.4. The maximum Gasteiger partial charge on any atom is 0.193 e. The molecule has 120 valence electrons. The number of aliphatic imine (C=N–C) groups is 1. The lowest BCUT2D eigenvalue weighted by Crippen LogP contribution is -2.23. The molecular weight excluding hydrogens is 421 g/mol. The number of thiazole rings is 1. The molecule has 8 heteroatoms. The second-order valence-electron chi connectivity index (χ2n) is 4.51. The predicted molar refractivity (Wildman–Crippen MR) is 97.2 cm³/mol. The van der Waals surface area contributed by atoms with E-state index in [2.05, 4.69) is 15.3 Å². The summed E-state index contributed by atoms with van der Waals surface area (Å²) in [5, 5.41) is 3.57. The molecule has 0 unspecified atom stereocenters. The third-order valence-electron chi connectivity index (χ3n) is 2.81. The summed E-state index contributed by atoms with van der Waals surface area (Å²) in [6.45, 7) is 4.36. The van der Waals surface area contributed by atoms with Crippen molar-refractivity contribution in [1.82, 2.24) is 4.98 Å². The van der Waals surface area contributed by atoms with Crippen LogP contribution < -0.4 is 11.1 Å². The summed E-state index contributed by atoms with van der Waals surface area (Å²) in [7, 11) is 0. The highest BCUT2D eigenvalue weighted by atomic mass is 127. The molecule has 1 aromatic heterocycles. The highest BCUT2D eigenvalue weighted by Crippen LogP contribution is 2.18. The van der Waals surface area contributed by atoms with E-state index >= 15 is 0 Å². The van der Waals surface area contributed by atoms with Gasteiger partial charge in [0.05, 0.1) is 16.4 Å². The van der Waals surface area contributed by atoms with Gasteiger partial charge in [0, 0.05) is 23.9 Å². The van der Waals surface area contributed by atoms with Gasteiger partial charge in [-0.2, -0.15) is 0 Å². The number of hydrogen-bond donors (Lipinski definition) is 2. The molecule has 0 spiro atoms. The van der Waals surface area contributed by atoms with E-state index < -0.39 is 11.6 Å². The van der Waals surface area contributed by atoms with E-state index in [1.807, 2.05) is 13.8 Å². The predicted octanol–water partition coefficient (Wildman–Crippen LogP) is 3.63. The Morgan fingerprint density at radius 1 is 1.36 bits per heavy atom. The summed E-state index contributed by atoms with van der Waals surface area (Å²) < 4.78 is 26.5. The summed E-state index contributed by atoms with van der Waals surface area (Å²) in [4.78, 5) is 9.59. The fraction of sp³-hybridized carbons (Fsp3) is 0.286. The molecule has 0 aliphatic rings. The Balaban J connectivity index is 0.00000242. The molecule has 0 aliphatic heterocycles. The van der Waals surface area contributed by atoms with Crippen LogP contribution >= 0.6 is 35.3 Å². The Morgan fingerprint density at radius 2 is 2.09 bits per heavy atom. The molecule has 0 aliphatic carbocycles. The quantitative estimate of drug-likeness (QED) is 0.436. The van der Waals surface area contributed by atoms with Crippen molar-refractivity contribution < 1.29 is 8.78 Å². The van der Waals surface area contributed by atoms with Crippen LogP contribution in [0.5, 0.6) is 0 Å². The lowest BCUT2D eigenvalue weighted by molar-refractivity contribution is 0.604. The van der Waals surface area contributed by atoms with Gasteiger partial charge >= 0.3 is 0 Å². The molecule has 1 heterocycles. The zero-order valence-corrected chi connectivity index (χ0v) is 15.3. The minimum absolute atomic E-state index is 0. The zero-order valence-electron chi connectivity index (χ0n) is 12.2. The summed E-state index contributed by atoms with van der Waals surface area (Å²) >= 11 is 1.62. The molecule has 0 saturated heterocycles. The van der Waals surface area contributed by atoms with Crippen molar-refractivity contribution in [2.45, 2.75) is 20.3 Å². The van der Waals surface area contributed by atoms with Crippen LogP contribution in [0.1, 0.15) is 15.6 Å². The van der Waals surface area contributed by atoms with Gasteiger partial charge in [0.1, 0.15) is 11.6 Å². The molecule has 0 radical (unpaired) electrons. The fourth-order valence-corrected chi connectivity index (χ4v) is 2.78. The second kappa shape index (κ2) is 8.37. The van der Waals surface area contributed by atoms with Gasteiger partial charge in [-0.15, -0.1) is 35.3 Å². The molecule has 1 aromatic carbocycles. The van der Waals surface area contributed by atoms with Crippen LogP contribution in [0, 0.1) is 25.5 Å². The summed E-state index contributed by atoms with van der Waals surface area (Å²) in [6, 6.07) is 3.12. The molecule has 2 rings (SSSR count). The highest BCUT2D eigenvalue weighted by molar-refractivity contribution is 14.0. The summed E-state index contributed by atoms with van der Waals surface area (Å²) in [5.41, 5.74) is 6.64. The number of halogens is 3. The van der Waals surface area contributed by atoms with Crippen LogP contribution in [-0.2, 0) is 6.42 Å². The number of hydrogen-bond acceptors (Lipinski definition) is 3. The SMILES string of the molecule is Cc1nc(C)c(CCN=C(N)Nc2cc(F)ccc2F)s1.I. The van der Waals surface area contributed by atoms with E-state index in [4.69, 9.17) is 5.73 Å². The van der Waals surface area contributed by atoms with Gasteiger partial charge in [-0.1, -0.05) is 0 Å². The Morgan fingerprint density at radius 3 is 2.73 bits per heavy atom. The van der Waals surface area contributed by atoms with E-state index in [-0.39, 0.29) is 35.6 Å². The van der Waals surface area contributed by atoms with Crippen molar-refractivity contribution in [3.05, 3.63) is 45.4 Å². The Bertz CT molecular complexity index is 673. The summed E-state index contributed by atoms with van der Waals surface area (Å²) in [5.74, 6) is -1.07. The average molecular weight is 438 g/mol. The molecule has 0 atom stereocenters. The number of aromatic nitrogens is 1. The number of rotatable bonds is 4. The number of nitrogens with two attached hydrogens (primary N) is 1. The first-order valence-corrected chi connectivity index (χ1v) is 7.22. The van der Waals surface area contributed by atoms with E-state index in [0.29, 0.717) is 13.0 Å². The van der Waals surface area contributed by atoms with Gasteiger partial charge in [0.2, 0.25) is 0 Å². The third-order valence-corrected chi connectivity index (χ3v) is 3.94. The van der Waals surface area contributed by atoms with Gasteiger partial charge in [-0.25, -0.2) is 13.8 Å². The van der Waals surface area contributed by atoms with Crippen LogP contribution in [0.25, 0.3) is 0 Å². The molecule has 22 heavy (non-hydrogen) atoms. The standard InChI is InChI=1S/C14H16F2N4S.HI/c1-8-13(21-9(2)19-8)5-6-18-14(17)20-12-7-10(15)3-4-11(12)16;/h3-4,7H,5-6H2,1-2H3,(H3,17,18,20);1H. The largest absolute Gasteiger partial charge is 0.370 e. The van der Waals surface area contributed by atoms with Crippen molar-refractivity contribution in [2.24, 2.45) is 10.7 Å². The Hall–Kier alpha value is -1.29. The molecule has 0 amide bonds. The second-order valence-corrected chi connectivity index (χ2v) is 5.80. The minimum atomic E-state index is -0.580. The minimum Gasteiger partial charge on any atom is -0.370 e. The number of anilines is 1. The molecule has 0 saturated carbocycles. The van der Waals surface area contributed by atoms with Gasteiger partial charge < -0.3 is 11.1 Å². The molecule has 0 fully saturated rings. The molecule has 0 bridgehead atoms. The Kier molecular flexibility index (Phi) is 7.14. The van der Waals surface area contributed by atoms with Crippen LogP contribution in [0.15, 0.2) is 23.2 Å². The van der Waals surface area contributed by atoms with Crippen molar-refractivity contribution in [2.75, 3.05) is 11.9 Å². The van der Waals surface area contributed by atoms with Crippen LogP contribution in [0.3, 0.4) is 0 Å². The smallest absolute Gasteiger partial charge is 0.193 e. The highest BCUT2D eigenvalue weighted by Gasteiger charge is 2.06. The normalized spacial score (nSPS) is 11.2. The molecular formula is C14H17F2IN4S. The first kappa shape index (κ1) is 18.8. The first-order chi connectivity index (χ1) is 9.95. The molecule has 4 nitrogen and oxygen atoms in total. The molecule has 2 aromatic rings. The van der Waals surface area contributed by atoms with Crippen LogP contribution in [0.4, 0.5) is 14.5 Å². The fourth-order valence-electron chi connectivity index (χ4n) is 1.85. The van der Waals surface area contributed by atoms with Gasteiger partial charge in [-0.3, -0.25) is 4.99 Å². The monoisotopic (exact) mass is 438 g/mol. The lowest BCUT2D eigenvalue weighted by atomic mass is 10.3. The zero-order chi connectivity index (χ0) is 15.4. The maximum atomic E-state index is 13.4. The Labute approximate surface area is 148 Å². The van der Waals surface area contributed by atoms with Crippen LogP contribution in [0.2, 0.25) is 0 Å². The first-order valence-electron chi connectivity index (χ1n) is 6.40. The van der Waals surface area contributed by atoms with Crippen molar-refractivity contribution in [3.8, 4) is 0 Å².